The number of pyridine rings is 2. The van der Waals surface area contributed by atoms with Crippen molar-refractivity contribution in [2.24, 2.45) is 0 Å². The van der Waals surface area contributed by atoms with E-state index in [9.17, 15) is 4.79 Å². The maximum atomic E-state index is 13.7. The Hall–Kier alpha value is -3.35. The van der Waals surface area contributed by atoms with Gasteiger partial charge in [-0.1, -0.05) is 54.6 Å². The van der Waals surface area contributed by atoms with Gasteiger partial charge < -0.3 is 10.2 Å². The molecule has 184 valence electrons. The van der Waals surface area contributed by atoms with Crippen molar-refractivity contribution < 1.29 is 4.79 Å². The number of carbonyl (C=O) groups is 1. The van der Waals surface area contributed by atoms with E-state index in [-0.39, 0.29) is 28.9 Å². The van der Waals surface area contributed by atoms with Gasteiger partial charge in [-0.15, -0.1) is 17.0 Å². The minimum absolute atomic E-state index is 0. The van der Waals surface area contributed by atoms with Gasteiger partial charge in [0.2, 0.25) is 0 Å². The number of carbonyl (C=O) groups excluding carboxylic acids is 1. The van der Waals surface area contributed by atoms with Crippen LogP contribution in [0.25, 0.3) is 0 Å². The fraction of sp³-hybridized carbons (Fsp3) is 0.233. The van der Waals surface area contributed by atoms with Crippen molar-refractivity contribution in [3.8, 4) is 0 Å². The first-order chi connectivity index (χ1) is 17.3. The van der Waals surface area contributed by atoms with E-state index in [1.807, 2.05) is 71.9 Å². The van der Waals surface area contributed by atoms with Crippen molar-refractivity contribution in [1.82, 2.24) is 20.2 Å². The molecule has 0 saturated carbocycles. The van der Waals surface area contributed by atoms with Gasteiger partial charge in [0.25, 0.3) is 5.91 Å². The predicted octanol–water partition coefficient (Wildman–Crippen LogP) is 6.06. The number of amides is 1. The quantitative estimate of drug-likeness (QED) is 0.293. The van der Waals surface area contributed by atoms with Crippen molar-refractivity contribution in [3.05, 3.63) is 131 Å². The summed E-state index contributed by atoms with van der Waals surface area (Å²) in [6.45, 7) is 2.05. The Morgan fingerprint density at radius 3 is 2.36 bits per heavy atom. The van der Waals surface area contributed by atoms with Crippen LogP contribution in [-0.2, 0) is 26.1 Å². The van der Waals surface area contributed by atoms with Gasteiger partial charge in [-0.3, -0.25) is 14.8 Å². The van der Waals surface area contributed by atoms with Crippen LogP contribution in [0.2, 0.25) is 0 Å². The molecular formula is C30H31BrN4O. The molecule has 5 rings (SSSR count). The van der Waals surface area contributed by atoms with Gasteiger partial charge in [0.15, 0.2) is 0 Å². The molecule has 2 heterocycles. The molecule has 0 radical (unpaired) electrons. The maximum absolute atomic E-state index is 13.7. The molecule has 4 aromatic rings. The van der Waals surface area contributed by atoms with Crippen LogP contribution in [0.15, 0.2) is 97.3 Å². The van der Waals surface area contributed by atoms with Crippen LogP contribution in [0, 0.1) is 0 Å². The summed E-state index contributed by atoms with van der Waals surface area (Å²) in [6, 6.07) is 28.2. The number of aromatic nitrogens is 2. The summed E-state index contributed by atoms with van der Waals surface area (Å²) in [6.07, 6.45) is 6.66. The second-order valence-electron chi connectivity index (χ2n) is 9.00. The second-order valence-corrected chi connectivity index (χ2v) is 9.00. The van der Waals surface area contributed by atoms with Gasteiger partial charge in [-0.05, 0) is 66.3 Å². The molecule has 2 aromatic carbocycles. The van der Waals surface area contributed by atoms with E-state index < -0.39 is 0 Å². The fourth-order valence-corrected chi connectivity index (χ4v) is 4.76. The Morgan fingerprint density at radius 2 is 1.58 bits per heavy atom. The van der Waals surface area contributed by atoms with Crippen LogP contribution in [0.4, 0.5) is 0 Å². The summed E-state index contributed by atoms with van der Waals surface area (Å²) in [5, 5.41) is 3.45. The molecule has 2 aromatic heterocycles. The largest absolute Gasteiger partial charge is 0.326 e. The van der Waals surface area contributed by atoms with E-state index in [1.54, 1.807) is 0 Å². The molecule has 0 fully saturated rings. The first-order valence-corrected chi connectivity index (χ1v) is 12.3. The lowest BCUT2D eigenvalue weighted by atomic mass is 9.90. The summed E-state index contributed by atoms with van der Waals surface area (Å²) in [4.78, 5) is 24.8. The van der Waals surface area contributed by atoms with Crippen LogP contribution in [0.1, 0.15) is 57.3 Å². The fourth-order valence-electron chi connectivity index (χ4n) is 4.76. The van der Waals surface area contributed by atoms with Crippen LogP contribution in [0.5, 0.6) is 0 Å². The summed E-state index contributed by atoms with van der Waals surface area (Å²) < 4.78 is 0. The molecule has 5 nitrogen and oxygen atoms in total. The summed E-state index contributed by atoms with van der Waals surface area (Å²) in [7, 11) is 0. The van der Waals surface area contributed by atoms with Gasteiger partial charge in [-0.25, -0.2) is 0 Å². The van der Waals surface area contributed by atoms with E-state index >= 15 is 0 Å². The molecule has 1 N–H and O–H groups in total. The lowest BCUT2D eigenvalue weighted by Gasteiger charge is -2.35. The second kappa shape index (κ2) is 12.6. The Morgan fingerprint density at radius 1 is 0.833 bits per heavy atom. The zero-order chi connectivity index (χ0) is 23.9. The highest BCUT2D eigenvalue weighted by Gasteiger charge is 2.31. The van der Waals surface area contributed by atoms with Gasteiger partial charge in [0, 0.05) is 37.6 Å². The minimum Gasteiger partial charge on any atom is -0.326 e. The first-order valence-electron chi connectivity index (χ1n) is 12.3. The molecule has 0 saturated heterocycles. The third kappa shape index (κ3) is 6.25. The first kappa shape index (κ1) is 25.7. The molecule has 0 bridgehead atoms. The highest BCUT2D eigenvalue weighted by molar-refractivity contribution is 8.93. The van der Waals surface area contributed by atoms with Crippen LogP contribution < -0.4 is 5.32 Å². The lowest BCUT2D eigenvalue weighted by molar-refractivity contribution is 0.0633. The summed E-state index contributed by atoms with van der Waals surface area (Å²) in [5.41, 5.74) is 6.36. The Balaban J connectivity index is 0.00000304. The topological polar surface area (TPSA) is 58.1 Å². The zero-order valence-electron chi connectivity index (χ0n) is 20.2. The third-order valence-corrected chi connectivity index (χ3v) is 6.56. The zero-order valence-corrected chi connectivity index (χ0v) is 21.9. The van der Waals surface area contributed by atoms with Gasteiger partial charge in [0.1, 0.15) is 0 Å². The predicted molar refractivity (Wildman–Crippen MR) is 148 cm³/mol. The van der Waals surface area contributed by atoms with Crippen LogP contribution in [-0.4, -0.2) is 20.8 Å². The highest BCUT2D eigenvalue weighted by atomic mass is 79.9. The molecule has 1 unspecified atom stereocenters. The molecule has 1 aliphatic carbocycles. The number of nitrogens with one attached hydrogen (secondary N) is 1. The van der Waals surface area contributed by atoms with Gasteiger partial charge in [0.05, 0.1) is 17.4 Å². The highest BCUT2D eigenvalue weighted by Crippen LogP contribution is 2.34. The smallest absolute Gasteiger partial charge is 0.254 e. The van der Waals surface area contributed by atoms with Crippen molar-refractivity contribution in [2.45, 2.75) is 44.9 Å². The van der Waals surface area contributed by atoms with Gasteiger partial charge >= 0.3 is 0 Å². The normalized spacial score (nSPS) is 14.4. The monoisotopic (exact) mass is 542 g/mol. The minimum atomic E-state index is -0.0210. The van der Waals surface area contributed by atoms with Gasteiger partial charge in [-0.2, -0.15) is 0 Å². The lowest BCUT2D eigenvalue weighted by Crippen LogP contribution is -2.36. The standard InChI is InChI=1S/C30H30N4O.BrH/c35-30(26-8-2-1-3-9-26)34(28-13-6-10-25-11-7-19-33-29(25)28)22-24-16-14-23(15-17-24)20-31-21-27-12-4-5-18-32-27;/h1-5,7-9,11-12,14-19,28,31H,6,10,13,20-22H2;1H. The van der Waals surface area contributed by atoms with Crippen molar-refractivity contribution >= 4 is 22.9 Å². The van der Waals surface area contributed by atoms with E-state index in [4.69, 9.17) is 4.98 Å². The van der Waals surface area contributed by atoms with E-state index in [0.29, 0.717) is 12.1 Å². The SMILES string of the molecule is Br.O=C(c1ccccc1)N(Cc1ccc(CNCc2ccccn2)cc1)C1CCCc2cccnc21. The van der Waals surface area contributed by atoms with Crippen molar-refractivity contribution in [1.29, 1.82) is 0 Å². The third-order valence-electron chi connectivity index (χ3n) is 6.56. The number of aryl methyl sites for hydroxylation is 1. The van der Waals surface area contributed by atoms with Crippen molar-refractivity contribution in [2.75, 3.05) is 0 Å². The number of nitrogens with zero attached hydrogens (tertiary/aromatic N) is 3. The molecule has 0 aliphatic heterocycles. The molecule has 6 heteroatoms. The summed E-state index contributed by atoms with van der Waals surface area (Å²) in [5.74, 6) is 0.0511. The number of benzene rings is 2. The molecule has 1 amide bonds. The van der Waals surface area contributed by atoms with E-state index in [2.05, 4.69) is 40.6 Å². The molecule has 1 atom stereocenters. The van der Waals surface area contributed by atoms with Crippen LogP contribution >= 0.6 is 17.0 Å². The number of hydrogen-bond donors (Lipinski definition) is 1. The summed E-state index contributed by atoms with van der Waals surface area (Å²) >= 11 is 0. The average Bonchev–Trinajstić information content (AvgIpc) is 2.93. The maximum Gasteiger partial charge on any atom is 0.254 e. The Labute approximate surface area is 223 Å². The average molecular weight is 544 g/mol. The van der Waals surface area contributed by atoms with E-state index in [0.717, 1.165) is 49.3 Å². The molecule has 0 spiro atoms. The van der Waals surface area contributed by atoms with Crippen LogP contribution in [0.3, 0.4) is 0 Å². The number of fused-ring (bicyclic) bond motifs is 1. The molecule has 1 aliphatic rings. The van der Waals surface area contributed by atoms with Crippen molar-refractivity contribution in [3.63, 3.8) is 0 Å². The number of halogens is 1. The van der Waals surface area contributed by atoms with E-state index in [1.165, 1.54) is 11.1 Å². The Bertz CT molecular complexity index is 1250. The molecule has 36 heavy (non-hydrogen) atoms. The molecular weight excluding hydrogens is 512 g/mol. The number of rotatable bonds is 8. The Kier molecular flexibility index (Phi) is 8.98. The number of hydrogen-bond acceptors (Lipinski definition) is 4.